The number of hydrogen-bond donors (Lipinski definition) is 2. The topological polar surface area (TPSA) is 87.3 Å². The van der Waals surface area contributed by atoms with Crippen molar-refractivity contribution in [2.24, 2.45) is 5.41 Å². The number of aromatic amines is 1. The molecule has 0 aliphatic carbocycles. The highest BCUT2D eigenvalue weighted by Gasteiger charge is 2.37. The molecule has 33 heavy (non-hydrogen) atoms. The third-order valence-corrected chi connectivity index (χ3v) is 7.08. The highest BCUT2D eigenvalue weighted by atomic mass is 35.5. The van der Waals surface area contributed by atoms with Crippen molar-refractivity contribution in [1.29, 1.82) is 0 Å². The van der Waals surface area contributed by atoms with Gasteiger partial charge in [0.1, 0.15) is 5.75 Å². The molecule has 2 aromatic rings. The molecule has 2 amide bonds. The molecule has 2 N–H and O–H groups in total. The van der Waals surface area contributed by atoms with Gasteiger partial charge < -0.3 is 15.0 Å². The summed E-state index contributed by atoms with van der Waals surface area (Å²) in [6, 6.07) is 5.18. The van der Waals surface area contributed by atoms with Crippen LogP contribution in [0, 0.1) is 5.41 Å². The van der Waals surface area contributed by atoms with Crippen molar-refractivity contribution in [3.05, 3.63) is 46.7 Å². The van der Waals surface area contributed by atoms with Gasteiger partial charge in [0.05, 0.1) is 18.4 Å². The Morgan fingerprint density at radius 3 is 2.94 bits per heavy atom. The normalized spacial score (nSPS) is 22.0. The van der Waals surface area contributed by atoms with Gasteiger partial charge in [0.15, 0.2) is 0 Å². The van der Waals surface area contributed by atoms with Gasteiger partial charge in [-0.3, -0.25) is 14.7 Å². The Morgan fingerprint density at radius 1 is 1.21 bits per heavy atom. The van der Waals surface area contributed by atoms with Gasteiger partial charge in [0, 0.05) is 42.7 Å². The van der Waals surface area contributed by atoms with Gasteiger partial charge in [-0.05, 0) is 62.3 Å². The molecule has 1 saturated heterocycles. The van der Waals surface area contributed by atoms with Gasteiger partial charge in [0.25, 0.3) is 5.91 Å². The number of likely N-dealkylation sites (tertiary alicyclic amines) is 1. The monoisotopic (exact) mass is 472 g/mol. The van der Waals surface area contributed by atoms with Crippen LogP contribution in [-0.2, 0) is 11.2 Å². The Labute approximate surface area is 200 Å². The zero-order chi connectivity index (χ0) is 23.1. The summed E-state index contributed by atoms with van der Waals surface area (Å²) in [6.07, 6.45) is 11.9. The molecule has 1 spiro atoms. The van der Waals surface area contributed by atoms with Gasteiger partial charge in [-0.25, -0.2) is 0 Å². The van der Waals surface area contributed by atoms with Crippen molar-refractivity contribution in [3.8, 4) is 5.75 Å². The number of aryl methyl sites for hydroxylation is 1. The summed E-state index contributed by atoms with van der Waals surface area (Å²) in [5, 5.41) is 10.4. The minimum Gasteiger partial charge on any atom is -0.493 e. The van der Waals surface area contributed by atoms with E-state index in [0.29, 0.717) is 42.5 Å². The van der Waals surface area contributed by atoms with Crippen LogP contribution in [0.5, 0.6) is 5.75 Å². The molecule has 1 aromatic heterocycles. The van der Waals surface area contributed by atoms with Gasteiger partial charge in [-0.2, -0.15) is 5.10 Å². The molecule has 1 atom stereocenters. The fraction of sp³-hybridized carbons (Fsp3) is 0.560. The quantitative estimate of drug-likeness (QED) is 0.691. The molecule has 178 valence electrons. The second-order valence-corrected chi connectivity index (χ2v) is 9.80. The zero-order valence-electron chi connectivity index (χ0n) is 19.1. The third-order valence-electron chi connectivity index (χ3n) is 6.84. The number of nitrogens with one attached hydrogen (secondary N) is 2. The highest BCUT2D eigenvalue weighted by Crippen LogP contribution is 2.36. The first-order chi connectivity index (χ1) is 16.0. The van der Waals surface area contributed by atoms with Crippen LogP contribution in [0.3, 0.4) is 0 Å². The zero-order valence-corrected chi connectivity index (χ0v) is 19.8. The van der Waals surface area contributed by atoms with Crippen molar-refractivity contribution in [3.63, 3.8) is 0 Å². The molecule has 3 heterocycles. The molecular formula is C25H33ClN4O3. The van der Waals surface area contributed by atoms with Crippen LogP contribution < -0.4 is 10.1 Å². The Hall–Kier alpha value is -2.54. The van der Waals surface area contributed by atoms with E-state index >= 15 is 0 Å². The minimum absolute atomic E-state index is 0.0904. The number of nitrogens with zero attached hydrogens (tertiary/aromatic N) is 2. The standard InChI is InChI=1S/C25H33ClN4O3/c26-20-8-9-22-21(14-20)24(32)27-17-25(10-2-1-3-13-33-22)11-5-12-30(18-25)23(31)7-4-6-19-15-28-29-16-19/h8-9,14-16H,1-7,10-13,17-18H2,(H,27,32)(H,28,29). The molecule has 8 heteroatoms. The van der Waals surface area contributed by atoms with Crippen molar-refractivity contribution in [2.75, 3.05) is 26.2 Å². The Balaban J connectivity index is 1.41. The van der Waals surface area contributed by atoms with E-state index in [1.165, 1.54) is 0 Å². The number of fused-ring (bicyclic) bond motifs is 1. The third kappa shape index (κ3) is 6.28. The number of halogens is 1. The Kier molecular flexibility index (Phi) is 7.91. The van der Waals surface area contributed by atoms with E-state index in [0.717, 1.165) is 63.5 Å². The fourth-order valence-corrected chi connectivity index (χ4v) is 5.18. The molecule has 1 aromatic carbocycles. The average molecular weight is 473 g/mol. The first-order valence-corrected chi connectivity index (χ1v) is 12.4. The number of rotatable bonds is 4. The summed E-state index contributed by atoms with van der Waals surface area (Å²) in [7, 11) is 0. The van der Waals surface area contributed by atoms with E-state index in [4.69, 9.17) is 16.3 Å². The Bertz CT molecular complexity index is 949. The van der Waals surface area contributed by atoms with E-state index in [2.05, 4.69) is 15.5 Å². The summed E-state index contributed by atoms with van der Waals surface area (Å²) >= 11 is 6.15. The number of H-pyrrole nitrogens is 1. The van der Waals surface area contributed by atoms with E-state index in [-0.39, 0.29) is 17.2 Å². The predicted molar refractivity (Wildman–Crippen MR) is 128 cm³/mol. The van der Waals surface area contributed by atoms with Crippen LogP contribution in [0.1, 0.15) is 67.3 Å². The lowest BCUT2D eigenvalue weighted by atomic mass is 9.75. The van der Waals surface area contributed by atoms with Crippen LogP contribution >= 0.6 is 11.6 Å². The molecular weight excluding hydrogens is 440 g/mol. The molecule has 1 fully saturated rings. The molecule has 4 rings (SSSR count). The van der Waals surface area contributed by atoms with E-state index < -0.39 is 0 Å². The highest BCUT2D eigenvalue weighted by molar-refractivity contribution is 6.31. The maximum absolute atomic E-state index is 13.0. The SMILES string of the molecule is O=C1NCC2(CCCCCOc3ccc(Cl)cc31)CCCN(C(=O)CCCc1cn[nH]c1)C2. The molecule has 0 saturated carbocycles. The first kappa shape index (κ1) is 23.6. The average Bonchev–Trinajstić information content (AvgIpc) is 3.33. The lowest BCUT2D eigenvalue weighted by Gasteiger charge is -2.43. The summed E-state index contributed by atoms with van der Waals surface area (Å²) in [6.45, 7) is 2.63. The number of aromatic nitrogens is 2. The minimum atomic E-state index is -0.170. The molecule has 7 nitrogen and oxygen atoms in total. The fourth-order valence-electron chi connectivity index (χ4n) is 5.00. The number of carbonyl (C=O) groups excluding carboxylic acids is 2. The predicted octanol–water partition coefficient (Wildman–Crippen LogP) is 4.38. The summed E-state index contributed by atoms with van der Waals surface area (Å²) in [5.41, 5.74) is 1.51. The van der Waals surface area contributed by atoms with E-state index in [9.17, 15) is 9.59 Å². The smallest absolute Gasteiger partial charge is 0.255 e. The molecule has 1 unspecified atom stereocenters. The molecule has 0 radical (unpaired) electrons. The molecule has 2 aliphatic rings. The lowest BCUT2D eigenvalue weighted by molar-refractivity contribution is -0.135. The Morgan fingerprint density at radius 2 is 2.09 bits per heavy atom. The molecule has 0 bridgehead atoms. The van der Waals surface area contributed by atoms with Crippen LogP contribution in [0.4, 0.5) is 0 Å². The summed E-state index contributed by atoms with van der Waals surface area (Å²) in [5.74, 6) is 0.612. The van der Waals surface area contributed by atoms with Crippen molar-refractivity contribution < 1.29 is 14.3 Å². The van der Waals surface area contributed by atoms with Crippen LogP contribution in [-0.4, -0.2) is 53.2 Å². The molecule has 2 aliphatic heterocycles. The number of amides is 2. The number of hydrogen-bond acceptors (Lipinski definition) is 4. The van der Waals surface area contributed by atoms with E-state index in [1.807, 2.05) is 17.3 Å². The van der Waals surface area contributed by atoms with Gasteiger partial charge >= 0.3 is 0 Å². The number of piperidine rings is 1. The van der Waals surface area contributed by atoms with Crippen LogP contribution in [0.15, 0.2) is 30.6 Å². The second kappa shape index (κ2) is 11.1. The second-order valence-electron chi connectivity index (χ2n) is 9.36. The van der Waals surface area contributed by atoms with Gasteiger partial charge in [-0.15, -0.1) is 0 Å². The van der Waals surface area contributed by atoms with Crippen molar-refractivity contribution >= 4 is 23.4 Å². The van der Waals surface area contributed by atoms with Gasteiger partial charge in [-0.1, -0.05) is 24.4 Å². The van der Waals surface area contributed by atoms with Crippen molar-refractivity contribution in [2.45, 2.75) is 57.8 Å². The summed E-state index contributed by atoms with van der Waals surface area (Å²) in [4.78, 5) is 28.0. The van der Waals surface area contributed by atoms with Crippen molar-refractivity contribution in [1.82, 2.24) is 20.4 Å². The van der Waals surface area contributed by atoms with E-state index in [1.54, 1.807) is 18.2 Å². The maximum atomic E-state index is 13.0. The first-order valence-electron chi connectivity index (χ1n) is 12.0. The largest absolute Gasteiger partial charge is 0.493 e. The number of benzene rings is 1. The van der Waals surface area contributed by atoms with Crippen LogP contribution in [0.25, 0.3) is 0 Å². The number of carbonyl (C=O) groups is 2. The van der Waals surface area contributed by atoms with Gasteiger partial charge in [0.2, 0.25) is 5.91 Å². The maximum Gasteiger partial charge on any atom is 0.255 e. The van der Waals surface area contributed by atoms with Crippen LogP contribution in [0.2, 0.25) is 5.02 Å². The lowest BCUT2D eigenvalue weighted by Crippen LogP contribution is -2.51. The number of ether oxygens (including phenoxy) is 1. The summed E-state index contributed by atoms with van der Waals surface area (Å²) < 4.78 is 5.86.